The first-order chi connectivity index (χ1) is 15.2. The van der Waals surface area contributed by atoms with E-state index in [9.17, 15) is 0 Å². The molecule has 4 aromatic rings. The van der Waals surface area contributed by atoms with Crippen molar-refractivity contribution in [1.29, 1.82) is 0 Å². The maximum Gasteiger partial charge on any atom is 0.193 e. The number of hydrogen-bond acceptors (Lipinski definition) is 5. The summed E-state index contributed by atoms with van der Waals surface area (Å²) in [6.07, 6.45) is 0. The quantitative estimate of drug-likeness (QED) is 0.401. The Kier molecular flexibility index (Phi) is 4.37. The Morgan fingerprint density at radius 3 is 2.39 bits per heavy atom. The van der Waals surface area contributed by atoms with Crippen LogP contribution in [0.15, 0.2) is 89.1 Å². The fourth-order valence-corrected chi connectivity index (χ4v) is 5.40. The van der Waals surface area contributed by atoms with Gasteiger partial charge in [0, 0.05) is 10.6 Å². The molecular formula is C24H18ClN5S. The van der Waals surface area contributed by atoms with Crippen molar-refractivity contribution in [3.63, 3.8) is 0 Å². The van der Waals surface area contributed by atoms with Crippen molar-refractivity contribution in [2.75, 3.05) is 5.01 Å². The standard InChI is InChI=1S/C24H18ClN5S/c1-15-7-9-17(10-8-15)22-26-24-30(27-22)23-21(31-24)20(16-11-13-18(25)14-12-16)29(28-23)19-5-3-2-4-6-19/h2-14,20-21H,1H3/t20-,21-/m1/s1. The number of halogens is 1. The summed E-state index contributed by atoms with van der Waals surface area (Å²) in [5.74, 6) is 1.64. The summed E-state index contributed by atoms with van der Waals surface area (Å²) < 4.78 is 1.90. The highest BCUT2D eigenvalue weighted by molar-refractivity contribution is 8.01. The SMILES string of the molecule is Cc1ccc(-c2nc3n(n2)C2=NN(c4ccccc4)[C@H](c4ccc(Cl)cc4)[C@H]2S3)cc1. The molecule has 2 atom stereocenters. The van der Waals surface area contributed by atoms with Crippen LogP contribution < -0.4 is 5.01 Å². The largest absolute Gasteiger partial charge is 0.255 e. The highest BCUT2D eigenvalue weighted by atomic mass is 35.5. The third-order valence-electron chi connectivity index (χ3n) is 5.58. The highest BCUT2D eigenvalue weighted by Crippen LogP contribution is 2.47. The summed E-state index contributed by atoms with van der Waals surface area (Å²) in [4.78, 5) is 4.81. The normalized spacial score (nSPS) is 19.3. The Balaban J connectivity index is 1.42. The molecule has 1 aromatic heterocycles. The second kappa shape index (κ2) is 7.25. The second-order valence-electron chi connectivity index (χ2n) is 7.67. The highest BCUT2D eigenvalue weighted by Gasteiger charge is 2.47. The zero-order valence-electron chi connectivity index (χ0n) is 16.7. The van der Waals surface area contributed by atoms with Crippen LogP contribution in [0.25, 0.3) is 11.4 Å². The number of aryl methyl sites for hydroxylation is 1. The van der Waals surface area contributed by atoms with Crippen LogP contribution in [0.5, 0.6) is 0 Å². The van der Waals surface area contributed by atoms with Gasteiger partial charge >= 0.3 is 0 Å². The average molecular weight is 444 g/mol. The van der Waals surface area contributed by atoms with Crippen molar-refractivity contribution in [1.82, 2.24) is 14.8 Å². The van der Waals surface area contributed by atoms with Crippen LogP contribution in [0.1, 0.15) is 17.2 Å². The van der Waals surface area contributed by atoms with Crippen molar-refractivity contribution in [2.45, 2.75) is 23.4 Å². The van der Waals surface area contributed by atoms with Gasteiger partial charge in [-0.1, -0.05) is 83.5 Å². The maximum atomic E-state index is 6.15. The second-order valence-corrected chi connectivity index (χ2v) is 9.21. The van der Waals surface area contributed by atoms with Crippen LogP contribution in [0.2, 0.25) is 5.02 Å². The fraction of sp³-hybridized carbons (Fsp3) is 0.125. The van der Waals surface area contributed by atoms with Crippen molar-refractivity contribution in [3.8, 4) is 11.4 Å². The van der Waals surface area contributed by atoms with E-state index in [1.165, 1.54) is 5.56 Å². The third-order valence-corrected chi connectivity index (χ3v) is 7.03. The van der Waals surface area contributed by atoms with Crippen molar-refractivity contribution < 1.29 is 0 Å². The van der Waals surface area contributed by atoms with Crippen molar-refractivity contribution >= 4 is 34.9 Å². The van der Waals surface area contributed by atoms with Gasteiger partial charge < -0.3 is 0 Å². The van der Waals surface area contributed by atoms with Gasteiger partial charge in [-0.2, -0.15) is 9.78 Å². The Morgan fingerprint density at radius 1 is 0.903 bits per heavy atom. The molecule has 0 aliphatic carbocycles. The van der Waals surface area contributed by atoms with E-state index in [1.807, 2.05) is 35.0 Å². The third kappa shape index (κ3) is 3.14. The van der Waals surface area contributed by atoms with Gasteiger partial charge in [-0.05, 0) is 36.8 Å². The van der Waals surface area contributed by atoms with Gasteiger partial charge in [0.25, 0.3) is 0 Å². The zero-order chi connectivity index (χ0) is 20.9. The molecule has 0 bridgehead atoms. The van der Waals surface area contributed by atoms with Crippen LogP contribution in [-0.4, -0.2) is 25.9 Å². The van der Waals surface area contributed by atoms with E-state index in [1.54, 1.807) is 11.8 Å². The van der Waals surface area contributed by atoms with E-state index in [0.29, 0.717) is 0 Å². The Hall–Kier alpha value is -3.09. The van der Waals surface area contributed by atoms with Gasteiger partial charge in [0.15, 0.2) is 16.8 Å². The van der Waals surface area contributed by atoms with Crippen molar-refractivity contribution in [2.24, 2.45) is 5.10 Å². The molecule has 2 aliphatic rings. The molecule has 3 aromatic carbocycles. The van der Waals surface area contributed by atoms with Crippen LogP contribution in [0.4, 0.5) is 5.69 Å². The molecule has 6 rings (SSSR count). The number of hydrogen-bond donors (Lipinski definition) is 0. The molecule has 0 saturated carbocycles. The number of nitrogens with zero attached hydrogens (tertiary/aromatic N) is 5. The minimum absolute atomic E-state index is 0.0333. The Bertz CT molecular complexity index is 1280. The van der Waals surface area contributed by atoms with Crippen LogP contribution in [-0.2, 0) is 0 Å². The molecule has 0 amide bonds. The van der Waals surface area contributed by atoms with Crippen LogP contribution in [0.3, 0.4) is 0 Å². The number of benzene rings is 3. The summed E-state index contributed by atoms with van der Waals surface area (Å²) in [5.41, 5.74) is 4.44. The molecule has 0 N–H and O–H groups in total. The van der Waals surface area contributed by atoms with Gasteiger partial charge in [0.1, 0.15) is 5.25 Å². The molecule has 0 fully saturated rings. The van der Waals surface area contributed by atoms with Crippen LogP contribution in [0, 0.1) is 6.92 Å². The number of thioether (sulfide) groups is 1. The molecule has 152 valence electrons. The summed E-state index contributed by atoms with van der Waals surface area (Å²) >= 11 is 7.87. The molecule has 2 aliphatic heterocycles. The van der Waals surface area contributed by atoms with Crippen molar-refractivity contribution in [3.05, 3.63) is 95.0 Å². The lowest BCUT2D eigenvalue weighted by molar-refractivity contribution is 0.718. The summed E-state index contributed by atoms with van der Waals surface area (Å²) in [7, 11) is 0. The molecule has 0 radical (unpaired) electrons. The first kappa shape index (κ1) is 18.7. The lowest BCUT2D eigenvalue weighted by Gasteiger charge is -2.26. The van der Waals surface area contributed by atoms with Gasteiger partial charge in [0.05, 0.1) is 11.7 Å². The summed E-state index contributed by atoms with van der Waals surface area (Å²) in [5, 5.41) is 13.6. The zero-order valence-corrected chi connectivity index (χ0v) is 18.3. The molecule has 0 spiro atoms. The number of fused-ring (bicyclic) bond motifs is 3. The number of para-hydroxylation sites is 1. The van der Waals surface area contributed by atoms with E-state index in [4.69, 9.17) is 26.8 Å². The minimum Gasteiger partial charge on any atom is -0.255 e. The van der Waals surface area contributed by atoms with Gasteiger partial charge in [-0.25, -0.2) is 4.98 Å². The first-order valence-electron chi connectivity index (χ1n) is 10.1. The molecule has 3 heterocycles. The van der Waals surface area contributed by atoms with Gasteiger partial charge in [0.2, 0.25) is 0 Å². The monoisotopic (exact) mass is 443 g/mol. The number of hydrazone groups is 1. The Morgan fingerprint density at radius 2 is 1.65 bits per heavy atom. The maximum absolute atomic E-state index is 6.15. The molecule has 5 nitrogen and oxygen atoms in total. The van der Waals surface area contributed by atoms with Crippen LogP contribution >= 0.6 is 23.4 Å². The predicted molar refractivity (Wildman–Crippen MR) is 126 cm³/mol. The number of anilines is 1. The minimum atomic E-state index is 0.0333. The number of aromatic nitrogens is 3. The lowest BCUT2D eigenvalue weighted by atomic mass is 10.0. The molecule has 0 unspecified atom stereocenters. The fourth-order valence-electron chi connectivity index (χ4n) is 4.02. The van der Waals surface area contributed by atoms with Gasteiger partial charge in [-0.15, -0.1) is 5.10 Å². The molecule has 31 heavy (non-hydrogen) atoms. The first-order valence-corrected chi connectivity index (χ1v) is 11.3. The predicted octanol–water partition coefficient (Wildman–Crippen LogP) is 5.80. The number of rotatable bonds is 3. The average Bonchev–Trinajstić information content (AvgIpc) is 3.45. The van der Waals surface area contributed by atoms with E-state index in [-0.39, 0.29) is 11.3 Å². The lowest BCUT2D eigenvalue weighted by Crippen LogP contribution is -2.27. The summed E-state index contributed by atoms with van der Waals surface area (Å²) in [6, 6.07) is 26.6. The Labute approximate surface area is 189 Å². The van der Waals surface area contributed by atoms with E-state index in [0.717, 1.165) is 38.7 Å². The molecule has 0 saturated heterocycles. The van der Waals surface area contributed by atoms with E-state index in [2.05, 4.69) is 60.5 Å². The topological polar surface area (TPSA) is 46.3 Å². The molecular weight excluding hydrogens is 426 g/mol. The summed E-state index contributed by atoms with van der Waals surface area (Å²) in [6.45, 7) is 2.08. The smallest absolute Gasteiger partial charge is 0.193 e. The molecule has 7 heteroatoms. The van der Waals surface area contributed by atoms with E-state index < -0.39 is 0 Å². The van der Waals surface area contributed by atoms with E-state index >= 15 is 0 Å². The van der Waals surface area contributed by atoms with Gasteiger partial charge in [-0.3, -0.25) is 5.01 Å².